The molecule has 1 aromatic carbocycles. The van der Waals surface area contributed by atoms with Crippen LogP contribution in [0.2, 0.25) is 0 Å². The van der Waals surface area contributed by atoms with Gasteiger partial charge in [-0.15, -0.1) is 0 Å². The quantitative estimate of drug-likeness (QED) is 0.710. The molecule has 0 unspecified atom stereocenters. The van der Waals surface area contributed by atoms with Crippen molar-refractivity contribution < 1.29 is 0 Å². The van der Waals surface area contributed by atoms with Gasteiger partial charge < -0.3 is 0 Å². The van der Waals surface area contributed by atoms with Crippen LogP contribution in [0, 0.1) is 0 Å². The summed E-state index contributed by atoms with van der Waals surface area (Å²) in [6.07, 6.45) is 7.06. The molecule has 0 spiro atoms. The van der Waals surface area contributed by atoms with Crippen LogP contribution in [0.15, 0.2) is 53.8 Å². The maximum absolute atomic E-state index is 4.63. The molecule has 2 aromatic heterocycles. The second kappa shape index (κ2) is 5.45. The molecule has 0 saturated heterocycles. The van der Waals surface area contributed by atoms with Crippen molar-refractivity contribution in [3.05, 3.63) is 59.9 Å². The third-order valence-electron chi connectivity index (χ3n) is 3.88. The molecule has 2 heterocycles. The van der Waals surface area contributed by atoms with Crippen molar-refractivity contribution >= 4 is 22.9 Å². The second-order valence-electron chi connectivity index (χ2n) is 5.25. The van der Waals surface area contributed by atoms with Crippen LogP contribution < -0.4 is 0 Å². The van der Waals surface area contributed by atoms with E-state index < -0.39 is 0 Å². The molecule has 1 atom stereocenters. The molecule has 3 aromatic rings. The lowest BCUT2D eigenvalue weighted by molar-refractivity contribution is 0.673. The number of pyridine rings is 1. The number of aromatic nitrogens is 3. The summed E-state index contributed by atoms with van der Waals surface area (Å²) in [5, 5.41) is 1.53. The molecular weight excluding hydrogens is 278 g/mol. The first-order valence-corrected chi connectivity index (χ1v) is 8.10. The minimum Gasteiger partial charge on any atom is -0.251 e. The van der Waals surface area contributed by atoms with Gasteiger partial charge in [-0.05, 0) is 42.5 Å². The van der Waals surface area contributed by atoms with E-state index >= 15 is 0 Å². The van der Waals surface area contributed by atoms with Gasteiger partial charge in [-0.1, -0.05) is 36.0 Å². The lowest BCUT2D eigenvalue weighted by Gasteiger charge is -2.24. The largest absolute Gasteiger partial charge is 0.251 e. The maximum atomic E-state index is 4.63. The number of hydrogen-bond acceptors (Lipinski definition) is 4. The van der Waals surface area contributed by atoms with Gasteiger partial charge in [0, 0.05) is 17.6 Å². The van der Waals surface area contributed by atoms with Crippen LogP contribution in [0.4, 0.5) is 0 Å². The first kappa shape index (κ1) is 12.8. The van der Waals surface area contributed by atoms with Crippen molar-refractivity contribution in [2.45, 2.75) is 29.5 Å². The van der Waals surface area contributed by atoms with E-state index in [1.165, 1.54) is 30.4 Å². The zero-order chi connectivity index (χ0) is 14.1. The Bertz CT molecular complexity index is 788. The lowest BCUT2D eigenvalue weighted by Crippen LogP contribution is -2.07. The Hall–Kier alpha value is -1.94. The summed E-state index contributed by atoms with van der Waals surface area (Å²) in [5.74, 6) is 0. The van der Waals surface area contributed by atoms with E-state index in [1.54, 1.807) is 12.4 Å². The number of fused-ring (bicyclic) bond motifs is 2. The molecule has 4 rings (SSSR count). The van der Waals surface area contributed by atoms with Crippen molar-refractivity contribution in [2.75, 3.05) is 0 Å². The van der Waals surface area contributed by atoms with Crippen LogP contribution in [0.25, 0.3) is 11.2 Å². The Labute approximate surface area is 127 Å². The van der Waals surface area contributed by atoms with Crippen molar-refractivity contribution in [3.63, 3.8) is 0 Å². The highest BCUT2D eigenvalue weighted by molar-refractivity contribution is 7.99. The standard InChI is InChI=1S/C17H15N3S/c1-2-6-13-12(4-1)5-3-7-15(13)21-16-9-8-14-17(20-16)19-11-10-18-14/h1-2,4,6,8-11,15H,3,5,7H2/t15-/m1/s1. The predicted octanol–water partition coefficient (Wildman–Crippen LogP) is 4.19. The molecule has 1 aliphatic carbocycles. The Morgan fingerprint density at radius 2 is 1.90 bits per heavy atom. The van der Waals surface area contributed by atoms with Gasteiger partial charge in [0.2, 0.25) is 0 Å². The molecule has 0 radical (unpaired) electrons. The molecule has 4 heteroatoms. The van der Waals surface area contributed by atoms with Gasteiger partial charge in [0.1, 0.15) is 5.52 Å². The number of aryl methyl sites for hydroxylation is 1. The molecule has 21 heavy (non-hydrogen) atoms. The van der Waals surface area contributed by atoms with E-state index in [0.29, 0.717) is 5.25 Å². The SMILES string of the molecule is c1ccc2c(c1)CCC[C@H]2Sc1ccc2nccnc2n1. The van der Waals surface area contributed by atoms with E-state index in [2.05, 4.69) is 45.3 Å². The average Bonchev–Trinajstić information content (AvgIpc) is 2.55. The molecule has 0 aliphatic heterocycles. The summed E-state index contributed by atoms with van der Waals surface area (Å²) in [6, 6.07) is 12.8. The number of nitrogens with zero attached hydrogens (tertiary/aromatic N) is 3. The van der Waals surface area contributed by atoms with Crippen LogP contribution in [0.1, 0.15) is 29.2 Å². The van der Waals surface area contributed by atoms with Crippen molar-refractivity contribution in [1.82, 2.24) is 15.0 Å². The maximum Gasteiger partial charge on any atom is 0.179 e. The summed E-state index contributed by atoms with van der Waals surface area (Å²) in [7, 11) is 0. The van der Waals surface area contributed by atoms with Gasteiger partial charge in [0.15, 0.2) is 5.65 Å². The summed E-state index contributed by atoms with van der Waals surface area (Å²) < 4.78 is 0. The second-order valence-corrected chi connectivity index (χ2v) is 6.47. The number of thioether (sulfide) groups is 1. The highest BCUT2D eigenvalue weighted by Gasteiger charge is 2.21. The van der Waals surface area contributed by atoms with Gasteiger partial charge >= 0.3 is 0 Å². The first-order valence-electron chi connectivity index (χ1n) is 7.22. The Morgan fingerprint density at radius 3 is 2.90 bits per heavy atom. The summed E-state index contributed by atoms with van der Waals surface area (Å²) >= 11 is 1.84. The highest BCUT2D eigenvalue weighted by atomic mass is 32.2. The first-order chi connectivity index (χ1) is 10.4. The normalized spacial score (nSPS) is 17.6. The number of hydrogen-bond donors (Lipinski definition) is 0. The van der Waals surface area contributed by atoms with Crippen molar-refractivity contribution in [3.8, 4) is 0 Å². The lowest BCUT2D eigenvalue weighted by atomic mass is 9.91. The molecule has 0 N–H and O–H groups in total. The van der Waals surface area contributed by atoms with Crippen LogP contribution in [-0.4, -0.2) is 15.0 Å². The predicted molar refractivity (Wildman–Crippen MR) is 85.3 cm³/mol. The Morgan fingerprint density at radius 1 is 1.00 bits per heavy atom. The van der Waals surface area contributed by atoms with Gasteiger partial charge in [-0.2, -0.15) is 0 Å². The molecular formula is C17H15N3S. The molecule has 1 aliphatic rings. The summed E-state index contributed by atoms with van der Waals surface area (Å²) in [5.41, 5.74) is 4.54. The van der Waals surface area contributed by atoms with Gasteiger partial charge in [0.25, 0.3) is 0 Å². The summed E-state index contributed by atoms with van der Waals surface area (Å²) in [6.45, 7) is 0. The van der Waals surface area contributed by atoms with Crippen LogP contribution in [0.5, 0.6) is 0 Å². The van der Waals surface area contributed by atoms with Gasteiger partial charge in [0.05, 0.1) is 5.03 Å². The fraction of sp³-hybridized carbons (Fsp3) is 0.235. The van der Waals surface area contributed by atoms with Gasteiger partial charge in [-0.25, -0.2) is 9.97 Å². The third kappa shape index (κ3) is 2.51. The number of rotatable bonds is 2. The van der Waals surface area contributed by atoms with E-state index in [9.17, 15) is 0 Å². The molecule has 0 fully saturated rings. The zero-order valence-corrected chi connectivity index (χ0v) is 12.4. The van der Waals surface area contributed by atoms with Crippen molar-refractivity contribution in [2.24, 2.45) is 0 Å². The van der Waals surface area contributed by atoms with E-state index in [1.807, 2.05) is 17.8 Å². The summed E-state index contributed by atoms with van der Waals surface area (Å²) in [4.78, 5) is 13.2. The molecule has 0 saturated carbocycles. The highest BCUT2D eigenvalue weighted by Crippen LogP contribution is 2.42. The van der Waals surface area contributed by atoms with E-state index in [0.717, 1.165) is 16.2 Å². The zero-order valence-electron chi connectivity index (χ0n) is 11.6. The molecule has 104 valence electrons. The van der Waals surface area contributed by atoms with Crippen LogP contribution in [-0.2, 0) is 6.42 Å². The minimum atomic E-state index is 0.497. The Balaban J connectivity index is 1.66. The van der Waals surface area contributed by atoms with Crippen molar-refractivity contribution in [1.29, 1.82) is 0 Å². The smallest absolute Gasteiger partial charge is 0.179 e. The molecule has 0 bridgehead atoms. The van der Waals surface area contributed by atoms with E-state index in [-0.39, 0.29) is 0 Å². The molecule has 0 amide bonds. The Kier molecular flexibility index (Phi) is 3.31. The minimum absolute atomic E-state index is 0.497. The van der Waals surface area contributed by atoms with Gasteiger partial charge in [-0.3, -0.25) is 4.98 Å². The van der Waals surface area contributed by atoms with Crippen LogP contribution >= 0.6 is 11.8 Å². The topological polar surface area (TPSA) is 38.7 Å². The third-order valence-corrected chi connectivity index (χ3v) is 5.13. The van der Waals surface area contributed by atoms with Crippen LogP contribution in [0.3, 0.4) is 0 Å². The average molecular weight is 293 g/mol. The fourth-order valence-corrected chi connectivity index (χ4v) is 4.10. The number of benzene rings is 1. The van der Waals surface area contributed by atoms with E-state index in [4.69, 9.17) is 0 Å². The fourth-order valence-electron chi connectivity index (χ4n) is 2.88. The monoisotopic (exact) mass is 293 g/mol. The molecule has 3 nitrogen and oxygen atoms in total.